The van der Waals surface area contributed by atoms with Crippen LogP contribution >= 0.6 is 0 Å². The number of likely N-dealkylation sites (tertiary alicyclic amines) is 2. The summed E-state index contributed by atoms with van der Waals surface area (Å²) in [5.41, 5.74) is 1.55. The van der Waals surface area contributed by atoms with Crippen LogP contribution in [-0.4, -0.2) is 49.6 Å². The Hall–Kier alpha value is -0.860. The molecule has 2 aliphatic heterocycles. The Morgan fingerprint density at radius 1 is 0.864 bits per heavy atom. The highest BCUT2D eigenvalue weighted by molar-refractivity contribution is 5.20. The first-order valence-electron chi connectivity index (χ1n) is 9.27. The van der Waals surface area contributed by atoms with Crippen molar-refractivity contribution in [1.82, 2.24) is 9.80 Å². The number of hydrogen-bond donors (Lipinski definition) is 0. The lowest BCUT2D eigenvalue weighted by molar-refractivity contribution is 0.139. The molecule has 2 saturated heterocycles. The third kappa shape index (κ3) is 5.10. The van der Waals surface area contributed by atoms with E-state index in [1.54, 1.807) is 5.56 Å². The predicted octanol–water partition coefficient (Wildman–Crippen LogP) is 4.23. The van der Waals surface area contributed by atoms with Crippen molar-refractivity contribution < 1.29 is 0 Å². The van der Waals surface area contributed by atoms with Gasteiger partial charge in [0.2, 0.25) is 0 Å². The second-order valence-corrected chi connectivity index (χ2v) is 6.73. The SMILES string of the molecule is CC.CN1CCC(CN2CCC(c3ccccc3)CC2)CC1. The lowest BCUT2D eigenvalue weighted by Gasteiger charge is -2.37. The molecule has 0 atom stereocenters. The van der Waals surface area contributed by atoms with Gasteiger partial charge in [-0.25, -0.2) is 0 Å². The third-order valence-corrected chi connectivity index (χ3v) is 5.21. The van der Waals surface area contributed by atoms with Gasteiger partial charge < -0.3 is 9.80 Å². The highest BCUT2D eigenvalue weighted by atomic mass is 15.1. The molecule has 0 N–H and O–H groups in total. The maximum atomic E-state index is 2.72. The second kappa shape index (κ2) is 9.32. The number of benzene rings is 1. The molecule has 2 heteroatoms. The summed E-state index contributed by atoms with van der Waals surface area (Å²) in [6.07, 6.45) is 5.48. The van der Waals surface area contributed by atoms with Crippen molar-refractivity contribution in [2.45, 2.75) is 45.4 Å². The average Bonchev–Trinajstić information content (AvgIpc) is 2.60. The number of piperidine rings is 2. The van der Waals surface area contributed by atoms with Gasteiger partial charge in [0, 0.05) is 6.54 Å². The Morgan fingerprint density at radius 3 is 2.05 bits per heavy atom. The number of hydrogen-bond acceptors (Lipinski definition) is 2. The lowest BCUT2D eigenvalue weighted by atomic mass is 9.88. The summed E-state index contributed by atoms with van der Waals surface area (Å²) in [7, 11) is 2.25. The standard InChI is InChI=1S/C18H28N2.C2H6/c1-19-11-7-16(8-12-19)15-20-13-9-18(10-14-20)17-5-3-2-4-6-17;1-2/h2-6,16,18H,7-15H2,1H3;1-2H3. The molecule has 0 bridgehead atoms. The van der Waals surface area contributed by atoms with E-state index in [0.717, 1.165) is 11.8 Å². The van der Waals surface area contributed by atoms with E-state index >= 15 is 0 Å². The van der Waals surface area contributed by atoms with Gasteiger partial charge in [-0.05, 0) is 76.3 Å². The quantitative estimate of drug-likeness (QED) is 0.824. The smallest absolute Gasteiger partial charge is 0.00106 e. The molecular formula is C20H34N2. The van der Waals surface area contributed by atoms with Crippen LogP contribution in [0.1, 0.15) is 51.0 Å². The van der Waals surface area contributed by atoms with Crippen molar-refractivity contribution in [2.75, 3.05) is 39.8 Å². The molecule has 2 heterocycles. The molecular weight excluding hydrogens is 268 g/mol. The molecule has 0 amide bonds. The van der Waals surface area contributed by atoms with Gasteiger partial charge >= 0.3 is 0 Å². The molecule has 0 radical (unpaired) electrons. The Kier molecular flexibility index (Phi) is 7.41. The lowest BCUT2D eigenvalue weighted by Crippen LogP contribution is -2.40. The van der Waals surface area contributed by atoms with Gasteiger partial charge in [0.05, 0.1) is 0 Å². The van der Waals surface area contributed by atoms with E-state index in [2.05, 4.69) is 47.2 Å². The Morgan fingerprint density at radius 2 is 1.45 bits per heavy atom. The zero-order valence-electron chi connectivity index (χ0n) is 14.8. The second-order valence-electron chi connectivity index (χ2n) is 6.73. The minimum Gasteiger partial charge on any atom is -0.306 e. The monoisotopic (exact) mass is 302 g/mol. The van der Waals surface area contributed by atoms with Gasteiger partial charge in [0.15, 0.2) is 0 Å². The number of nitrogens with zero attached hydrogens (tertiary/aromatic N) is 2. The molecule has 0 spiro atoms. The van der Waals surface area contributed by atoms with E-state index in [0.29, 0.717) is 0 Å². The highest BCUT2D eigenvalue weighted by Gasteiger charge is 2.24. The van der Waals surface area contributed by atoms with Gasteiger partial charge in [0.1, 0.15) is 0 Å². The van der Waals surface area contributed by atoms with Gasteiger partial charge in [-0.3, -0.25) is 0 Å². The van der Waals surface area contributed by atoms with Crippen molar-refractivity contribution in [3.05, 3.63) is 35.9 Å². The largest absolute Gasteiger partial charge is 0.306 e. The molecule has 2 aliphatic rings. The van der Waals surface area contributed by atoms with Crippen LogP contribution < -0.4 is 0 Å². The van der Waals surface area contributed by atoms with Crippen LogP contribution in [-0.2, 0) is 0 Å². The summed E-state index contributed by atoms with van der Waals surface area (Å²) in [6, 6.07) is 11.1. The van der Waals surface area contributed by atoms with Crippen LogP contribution in [0.15, 0.2) is 30.3 Å². The first kappa shape index (κ1) is 17.5. The van der Waals surface area contributed by atoms with Crippen molar-refractivity contribution in [2.24, 2.45) is 5.92 Å². The van der Waals surface area contributed by atoms with Crippen LogP contribution in [0.5, 0.6) is 0 Å². The molecule has 0 aliphatic carbocycles. The van der Waals surface area contributed by atoms with Gasteiger partial charge in [0.25, 0.3) is 0 Å². The fraction of sp³-hybridized carbons (Fsp3) is 0.700. The van der Waals surface area contributed by atoms with Crippen molar-refractivity contribution in [3.8, 4) is 0 Å². The summed E-state index contributed by atoms with van der Waals surface area (Å²) in [5, 5.41) is 0. The third-order valence-electron chi connectivity index (χ3n) is 5.21. The topological polar surface area (TPSA) is 6.48 Å². The summed E-state index contributed by atoms with van der Waals surface area (Å²) < 4.78 is 0. The summed E-state index contributed by atoms with van der Waals surface area (Å²) in [5.74, 6) is 1.74. The van der Waals surface area contributed by atoms with Gasteiger partial charge in [-0.15, -0.1) is 0 Å². The zero-order chi connectivity index (χ0) is 15.8. The molecule has 2 fully saturated rings. The molecule has 1 aromatic carbocycles. The molecule has 0 saturated carbocycles. The Balaban J connectivity index is 0.000000847. The molecule has 2 nitrogen and oxygen atoms in total. The fourth-order valence-electron chi connectivity index (χ4n) is 3.78. The van der Waals surface area contributed by atoms with Crippen LogP contribution in [0, 0.1) is 5.92 Å². The summed E-state index contributed by atoms with van der Waals surface area (Å²) in [6.45, 7) is 10.5. The van der Waals surface area contributed by atoms with E-state index < -0.39 is 0 Å². The van der Waals surface area contributed by atoms with Crippen LogP contribution in [0.3, 0.4) is 0 Å². The number of rotatable bonds is 3. The van der Waals surface area contributed by atoms with E-state index in [1.165, 1.54) is 58.4 Å². The van der Waals surface area contributed by atoms with Crippen molar-refractivity contribution in [3.63, 3.8) is 0 Å². The molecule has 0 aromatic heterocycles. The van der Waals surface area contributed by atoms with E-state index in [4.69, 9.17) is 0 Å². The van der Waals surface area contributed by atoms with Crippen LogP contribution in [0.2, 0.25) is 0 Å². The highest BCUT2D eigenvalue weighted by Crippen LogP contribution is 2.29. The Labute approximate surface area is 137 Å². The van der Waals surface area contributed by atoms with Gasteiger partial charge in [-0.2, -0.15) is 0 Å². The fourth-order valence-corrected chi connectivity index (χ4v) is 3.78. The van der Waals surface area contributed by atoms with Crippen molar-refractivity contribution in [1.29, 1.82) is 0 Å². The molecule has 0 unspecified atom stereocenters. The van der Waals surface area contributed by atoms with Crippen molar-refractivity contribution >= 4 is 0 Å². The van der Waals surface area contributed by atoms with E-state index in [-0.39, 0.29) is 0 Å². The minimum absolute atomic E-state index is 0.796. The zero-order valence-corrected chi connectivity index (χ0v) is 14.8. The van der Waals surface area contributed by atoms with Crippen LogP contribution in [0.4, 0.5) is 0 Å². The van der Waals surface area contributed by atoms with E-state index in [1.807, 2.05) is 13.8 Å². The van der Waals surface area contributed by atoms with Gasteiger partial charge in [-0.1, -0.05) is 44.2 Å². The molecule has 1 aromatic rings. The Bertz CT molecular complexity index is 387. The average molecular weight is 303 g/mol. The molecule has 3 rings (SSSR count). The summed E-state index contributed by atoms with van der Waals surface area (Å²) >= 11 is 0. The first-order valence-corrected chi connectivity index (χ1v) is 9.27. The minimum atomic E-state index is 0.796. The maximum absolute atomic E-state index is 2.72. The predicted molar refractivity (Wildman–Crippen MR) is 96.4 cm³/mol. The molecule has 124 valence electrons. The molecule has 22 heavy (non-hydrogen) atoms. The maximum Gasteiger partial charge on any atom is 0.00106 e. The van der Waals surface area contributed by atoms with E-state index in [9.17, 15) is 0 Å². The van der Waals surface area contributed by atoms with Crippen LogP contribution in [0.25, 0.3) is 0 Å². The first-order chi connectivity index (χ1) is 10.8. The summed E-state index contributed by atoms with van der Waals surface area (Å²) in [4.78, 5) is 5.19. The normalized spacial score (nSPS) is 22.1.